The summed E-state index contributed by atoms with van der Waals surface area (Å²) in [5.74, 6) is 0.712. The van der Waals surface area contributed by atoms with E-state index in [1.54, 1.807) is 23.9 Å². The van der Waals surface area contributed by atoms with E-state index in [-0.39, 0.29) is 17.6 Å². The zero-order valence-corrected chi connectivity index (χ0v) is 15.4. The Morgan fingerprint density at radius 2 is 2.00 bits per heavy atom. The van der Waals surface area contributed by atoms with Gasteiger partial charge in [-0.25, -0.2) is 8.78 Å². The largest absolute Gasteiger partial charge is 0.361 e. The minimum Gasteiger partial charge on any atom is -0.361 e. The van der Waals surface area contributed by atoms with Crippen LogP contribution >= 0.6 is 23.4 Å². The molecule has 0 spiro atoms. The van der Waals surface area contributed by atoms with Gasteiger partial charge in [0.15, 0.2) is 0 Å². The molecule has 1 fully saturated rings. The number of hydrogen-bond donors (Lipinski definition) is 1. The first kappa shape index (κ1) is 16.9. The Kier molecular flexibility index (Phi) is 4.50. The number of aromatic nitrogens is 1. The fraction of sp³-hybridized carbons (Fsp3) is 0.300. The summed E-state index contributed by atoms with van der Waals surface area (Å²) in [7, 11) is 0. The van der Waals surface area contributed by atoms with Crippen LogP contribution in [-0.4, -0.2) is 11.2 Å². The number of H-pyrrole nitrogens is 1. The minimum absolute atomic E-state index is 0.106. The second-order valence-corrected chi connectivity index (χ2v) is 7.88. The predicted octanol–water partition coefficient (Wildman–Crippen LogP) is 6.50. The monoisotopic (exact) mass is 377 g/mol. The van der Waals surface area contributed by atoms with Crippen molar-refractivity contribution in [1.82, 2.24) is 4.98 Å². The van der Waals surface area contributed by atoms with Crippen molar-refractivity contribution in [3.8, 4) is 0 Å². The van der Waals surface area contributed by atoms with E-state index >= 15 is 0 Å². The lowest BCUT2D eigenvalue weighted by molar-refractivity contribution is 0.619. The van der Waals surface area contributed by atoms with Gasteiger partial charge >= 0.3 is 0 Å². The van der Waals surface area contributed by atoms with E-state index in [0.29, 0.717) is 22.3 Å². The van der Waals surface area contributed by atoms with Gasteiger partial charge in [-0.1, -0.05) is 17.7 Å². The van der Waals surface area contributed by atoms with Crippen LogP contribution < -0.4 is 0 Å². The number of rotatable bonds is 5. The molecule has 1 aliphatic carbocycles. The number of hydrogen-bond acceptors (Lipinski definition) is 1. The molecule has 1 atom stereocenters. The van der Waals surface area contributed by atoms with Crippen molar-refractivity contribution in [3.63, 3.8) is 0 Å². The van der Waals surface area contributed by atoms with Gasteiger partial charge in [-0.15, -0.1) is 0 Å². The summed E-state index contributed by atoms with van der Waals surface area (Å²) in [6.07, 6.45) is 6.19. The van der Waals surface area contributed by atoms with E-state index in [9.17, 15) is 8.78 Å². The summed E-state index contributed by atoms with van der Waals surface area (Å²) in [5, 5.41) is 1.49. The number of nitrogens with one attached hydrogen (secondary N) is 1. The molecular formula is C20H18ClF2NS. The maximum atomic E-state index is 14.2. The lowest BCUT2D eigenvalue weighted by Crippen LogP contribution is -2.04. The highest BCUT2D eigenvalue weighted by molar-refractivity contribution is 7.97. The molecule has 3 aromatic rings. The van der Waals surface area contributed by atoms with Gasteiger partial charge in [0.05, 0.1) is 5.52 Å². The van der Waals surface area contributed by atoms with Crippen molar-refractivity contribution in [2.45, 2.75) is 24.5 Å². The van der Waals surface area contributed by atoms with Gasteiger partial charge in [0.25, 0.3) is 0 Å². The Morgan fingerprint density at radius 3 is 2.68 bits per heavy atom. The Hall–Kier alpha value is -1.52. The van der Waals surface area contributed by atoms with Gasteiger partial charge in [0.2, 0.25) is 0 Å². The van der Waals surface area contributed by atoms with E-state index in [2.05, 4.69) is 4.98 Å². The quantitative estimate of drug-likeness (QED) is 0.536. The van der Waals surface area contributed by atoms with Crippen LogP contribution in [0.5, 0.6) is 0 Å². The highest BCUT2D eigenvalue weighted by Gasteiger charge is 2.36. The molecule has 0 bridgehead atoms. The molecule has 2 aromatic carbocycles. The van der Waals surface area contributed by atoms with Crippen LogP contribution in [0.4, 0.5) is 8.78 Å². The zero-order chi connectivity index (χ0) is 17.6. The molecule has 130 valence electrons. The molecule has 0 radical (unpaired) electrons. The Bertz CT molecular complexity index is 933. The molecule has 5 heteroatoms. The van der Waals surface area contributed by atoms with Gasteiger partial charge in [-0.2, -0.15) is 11.8 Å². The second-order valence-electron chi connectivity index (χ2n) is 6.61. The van der Waals surface area contributed by atoms with Crippen LogP contribution in [0.25, 0.3) is 10.9 Å². The van der Waals surface area contributed by atoms with Gasteiger partial charge in [-0.3, -0.25) is 0 Å². The zero-order valence-electron chi connectivity index (χ0n) is 13.8. The van der Waals surface area contributed by atoms with Crippen molar-refractivity contribution in [2.75, 3.05) is 6.26 Å². The molecule has 1 aliphatic rings. The van der Waals surface area contributed by atoms with Crippen molar-refractivity contribution in [1.29, 1.82) is 0 Å². The van der Waals surface area contributed by atoms with Crippen LogP contribution in [0.15, 0.2) is 36.5 Å². The third kappa shape index (κ3) is 3.06. The highest BCUT2D eigenvalue weighted by atomic mass is 35.5. The summed E-state index contributed by atoms with van der Waals surface area (Å²) in [6, 6.07) is 8.00. The molecule has 0 amide bonds. The summed E-state index contributed by atoms with van der Waals surface area (Å²) in [4.78, 5) is 3.28. The maximum absolute atomic E-state index is 14.2. The van der Waals surface area contributed by atoms with Gasteiger partial charge in [-0.05, 0) is 60.4 Å². The second kappa shape index (κ2) is 6.65. The van der Waals surface area contributed by atoms with E-state index < -0.39 is 0 Å². The predicted molar refractivity (Wildman–Crippen MR) is 101 cm³/mol. The Balaban J connectivity index is 1.87. The van der Waals surface area contributed by atoms with E-state index in [1.165, 1.54) is 12.1 Å². The van der Waals surface area contributed by atoms with Crippen molar-refractivity contribution >= 4 is 34.3 Å². The maximum Gasteiger partial charge on any atom is 0.129 e. The SMILES string of the molecule is CSCc1c(F)ccc2c(C(c3ccc(F)cc3Cl)C3CC3)c[nH]c12. The van der Waals surface area contributed by atoms with Crippen LogP contribution in [0.3, 0.4) is 0 Å². The molecule has 1 unspecified atom stereocenters. The number of thioether (sulfide) groups is 1. The lowest BCUT2D eigenvalue weighted by atomic mass is 9.86. The minimum atomic E-state index is -0.327. The number of halogens is 3. The summed E-state index contributed by atoms with van der Waals surface area (Å²) < 4.78 is 27.7. The third-order valence-electron chi connectivity index (χ3n) is 4.95. The Labute approximate surface area is 154 Å². The van der Waals surface area contributed by atoms with Crippen LogP contribution in [0.2, 0.25) is 5.02 Å². The first-order valence-electron chi connectivity index (χ1n) is 8.32. The lowest BCUT2D eigenvalue weighted by Gasteiger charge is -2.18. The third-order valence-corrected chi connectivity index (χ3v) is 5.86. The molecule has 0 saturated heterocycles. The van der Waals surface area contributed by atoms with Crippen molar-refractivity contribution in [2.24, 2.45) is 5.92 Å². The summed E-state index contributed by atoms with van der Waals surface area (Å²) in [6.45, 7) is 0. The molecule has 4 rings (SSSR count). The molecule has 25 heavy (non-hydrogen) atoms. The molecular weight excluding hydrogens is 360 g/mol. The van der Waals surface area contributed by atoms with E-state index in [4.69, 9.17) is 11.6 Å². The van der Waals surface area contributed by atoms with Gasteiger partial charge in [0.1, 0.15) is 11.6 Å². The normalized spacial score (nSPS) is 15.7. The Morgan fingerprint density at radius 1 is 1.20 bits per heavy atom. The molecule has 0 aliphatic heterocycles. The van der Waals surface area contributed by atoms with E-state index in [0.717, 1.165) is 34.9 Å². The summed E-state index contributed by atoms with van der Waals surface area (Å²) >= 11 is 7.95. The van der Waals surface area contributed by atoms with Crippen molar-refractivity contribution < 1.29 is 8.78 Å². The highest BCUT2D eigenvalue weighted by Crippen LogP contribution is 2.50. The molecule has 1 N–H and O–H groups in total. The molecule has 1 saturated carbocycles. The molecule has 1 nitrogen and oxygen atoms in total. The number of aromatic amines is 1. The van der Waals surface area contributed by atoms with Crippen molar-refractivity contribution in [3.05, 3.63) is 69.9 Å². The summed E-state index contributed by atoms with van der Waals surface area (Å²) in [5.41, 5.74) is 3.62. The van der Waals surface area contributed by atoms with Crippen LogP contribution in [0.1, 0.15) is 35.4 Å². The average Bonchev–Trinajstić information content (AvgIpc) is 3.32. The van der Waals surface area contributed by atoms with Gasteiger partial charge in [0, 0.05) is 33.8 Å². The first-order valence-corrected chi connectivity index (χ1v) is 10.1. The fourth-order valence-corrected chi connectivity index (χ4v) is 4.51. The standard InChI is InChI=1S/C20H18ClF2NS/c1-25-10-16-18(23)7-6-13-15(9-24-20(13)16)19(11-2-3-11)14-5-4-12(22)8-17(14)21/h4-9,11,19,24H,2-3,10H2,1H3. The van der Waals surface area contributed by atoms with Crippen LogP contribution in [-0.2, 0) is 5.75 Å². The molecule has 1 aromatic heterocycles. The average molecular weight is 378 g/mol. The topological polar surface area (TPSA) is 15.8 Å². The van der Waals surface area contributed by atoms with Crippen LogP contribution in [0, 0.1) is 17.6 Å². The fourth-order valence-electron chi connectivity index (χ4n) is 3.66. The number of fused-ring (bicyclic) bond motifs is 1. The molecule has 1 heterocycles. The van der Waals surface area contributed by atoms with Gasteiger partial charge < -0.3 is 4.98 Å². The number of benzene rings is 2. The first-order chi connectivity index (χ1) is 12.1. The van der Waals surface area contributed by atoms with E-state index in [1.807, 2.05) is 18.5 Å². The smallest absolute Gasteiger partial charge is 0.129 e.